The van der Waals surface area contributed by atoms with Crippen LogP contribution in [0.3, 0.4) is 0 Å². The largest absolute Gasteiger partial charge is 0.478 e. The first kappa shape index (κ1) is 14.7. The van der Waals surface area contributed by atoms with E-state index in [9.17, 15) is 9.18 Å². The Morgan fingerprint density at radius 3 is 2.60 bits per heavy atom. The second kappa shape index (κ2) is 6.63. The lowest BCUT2D eigenvalue weighted by Crippen LogP contribution is -2.02. The van der Waals surface area contributed by atoms with E-state index in [2.05, 4.69) is 15.9 Å². The molecule has 2 aromatic rings. The summed E-state index contributed by atoms with van der Waals surface area (Å²) in [5.41, 5.74) is 1.26. The standard InChI is InChI=1S/C15H12BrFO3/c16-13-4-2-1-3-11(13)9-20-8-10-5-6-12(15(18)19)14(17)7-10/h1-7H,8-9H2,(H,18,19). The maximum Gasteiger partial charge on any atom is 0.338 e. The summed E-state index contributed by atoms with van der Waals surface area (Å²) < 4.78 is 19.9. The molecule has 5 heteroatoms. The molecule has 0 radical (unpaired) electrons. The molecule has 0 aromatic heterocycles. The fourth-order valence-corrected chi connectivity index (χ4v) is 2.12. The molecule has 0 fully saturated rings. The van der Waals surface area contributed by atoms with Gasteiger partial charge in [-0.1, -0.05) is 40.2 Å². The maximum absolute atomic E-state index is 13.5. The van der Waals surface area contributed by atoms with Gasteiger partial charge in [0.2, 0.25) is 0 Å². The zero-order chi connectivity index (χ0) is 14.5. The quantitative estimate of drug-likeness (QED) is 0.896. The summed E-state index contributed by atoms with van der Waals surface area (Å²) in [4.78, 5) is 10.7. The van der Waals surface area contributed by atoms with Crippen LogP contribution in [0.2, 0.25) is 0 Å². The number of carbonyl (C=O) groups is 1. The summed E-state index contributed by atoms with van der Waals surface area (Å²) in [5, 5.41) is 8.74. The van der Waals surface area contributed by atoms with Crippen molar-refractivity contribution in [2.75, 3.05) is 0 Å². The van der Waals surface area contributed by atoms with Gasteiger partial charge < -0.3 is 9.84 Å². The summed E-state index contributed by atoms with van der Waals surface area (Å²) in [5.74, 6) is -2.03. The molecule has 0 bridgehead atoms. The molecule has 2 rings (SSSR count). The van der Waals surface area contributed by atoms with E-state index in [0.29, 0.717) is 12.2 Å². The summed E-state index contributed by atoms with van der Waals surface area (Å²) in [6.07, 6.45) is 0. The maximum atomic E-state index is 13.5. The van der Waals surface area contributed by atoms with E-state index < -0.39 is 11.8 Å². The molecule has 0 aliphatic heterocycles. The van der Waals surface area contributed by atoms with Crippen molar-refractivity contribution < 1.29 is 19.0 Å². The lowest BCUT2D eigenvalue weighted by Gasteiger charge is -2.07. The SMILES string of the molecule is O=C(O)c1ccc(COCc2ccccc2Br)cc1F. The monoisotopic (exact) mass is 338 g/mol. The van der Waals surface area contributed by atoms with Crippen molar-refractivity contribution in [3.8, 4) is 0 Å². The van der Waals surface area contributed by atoms with Crippen molar-refractivity contribution in [2.45, 2.75) is 13.2 Å². The third-order valence-corrected chi connectivity index (χ3v) is 3.52. The predicted octanol–water partition coefficient (Wildman–Crippen LogP) is 4.00. The van der Waals surface area contributed by atoms with Crippen molar-refractivity contribution in [1.82, 2.24) is 0 Å². The van der Waals surface area contributed by atoms with Gasteiger partial charge >= 0.3 is 5.97 Å². The summed E-state index contributed by atoms with van der Waals surface area (Å²) in [6.45, 7) is 0.613. The van der Waals surface area contributed by atoms with E-state index in [-0.39, 0.29) is 12.2 Å². The molecule has 1 N–H and O–H groups in total. The van der Waals surface area contributed by atoms with Gasteiger partial charge in [0.15, 0.2) is 0 Å². The minimum Gasteiger partial charge on any atom is -0.478 e. The van der Waals surface area contributed by atoms with E-state index in [1.54, 1.807) is 6.07 Å². The van der Waals surface area contributed by atoms with Crippen LogP contribution in [-0.4, -0.2) is 11.1 Å². The van der Waals surface area contributed by atoms with Crippen LogP contribution in [0.5, 0.6) is 0 Å². The number of rotatable bonds is 5. The summed E-state index contributed by atoms with van der Waals surface area (Å²) >= 11 is 3.41. The second-order valence-electron chi connectivity index (χ2n) is 4.20. The highest BCUT2D eigenvalue weighted by atomic mass is 79.9. The molecular weight excluding hydrogens is 327 g/mol. The van der Waals surface area contributed by atoms with Crippen LogP contribution in [0.4, 0.5) is 4.39 Å². The molecule has 104 valence electrons. The number of benzene rings is 2. The van der Waals surface area contributed by atoms with Crippen LogP contribution in [0.25, 0.3) is 0 Å². The van der Waals surface area contributed by atoms with Crippen LogP contribution in [-0.2, 0) is 18.0 Å². The first-order chi connectivity index (χ1) is 9.58. The molecule has 0 atom stereocenters. The molecule has 0 saturated carbocycles. The van der Waals surface area contributed by atoms with Crippen molar-refractivity contribution in [3.05, 3.63) is 69.4 Å². The first-order valence-electron chi connectivity index (χ1n) is 5.91. The molecule has 0 unspecified atom stereocenters. The average molecular weight is 339 g/mol. The number of hydrogen-bond donors (Lipinski definition) is 1. The molecule has 0 aliphatic rings. The van der Waals surface area contributed by atoms with E-state index in [0.717, 1.165) is 10.0 Å². The van der Waals surface area contributed by atoms with Gasteiger partial charge in [-0.25, -0.2) is 9.18 Å². The highest BCUT2D eigenvalue weighted by Gasteiger charge is 2.10. The van der Waals surface area contributed by atoms with Gasteiger partial charge in [-0.2, -0.15) is 0 Å². The number of carboxylic acids is 1. The number of aromatic carboxylic acids is 1. The lowest BCUT2D eigenvalue weighted by molar-refractivity contribution is 0.0691. The Labute approximate surface area is 124 Å². The Morgan fingerprint density at radius 2 is 1.95 bits per heavy atom. The van der Waals surface area contributed by atoms with Gasteiger partial charge in [0.05, 0.1) is 18.8 Å². The summed E-state index contributed by atoms with van der Waals surface area (Å²) in [7, 11) is 0. The van der Waals surface area contributed by atoms with Crippen LogP contribution in [0, 0.1) is 5.82 Å². The van der Waals surface area contributed by atoms with Gasteiger partial charge in [0, 0.05) is 4.47 Å². The Morgan fingerprint density at radius 1 is 1.20 bits per heavy atom. The van der Waals surface area contributed by atoms with Gasteiger partial charge in [-0.15, -0.1) is 0 Å². The molecule has 3 nitrogen and oxygen atoms in total. The fourth-order valence-electron chi connectivity index (χ4n) is 1.72. The molecule has 20 heavy (non-hydrogen) atoms. The van der Waals surface area contributed by atoms with Crippen LogP contribution in [0.15, 0.2) is 46.9 Å². The Kier molecular flexibility index (Phi) is 4.87. The van der Waals surface area contributed by atoms with Crippen LogP contribution in [0.1, 0.15) is 21.5 Å². The molecule has 0 saturated heterocycles. The third kappa shape index (κ3) is 3.65. The zero-order valence-corrected chi connectivity index (χ0v) is 12.1. The predicted molar refractivity (Wildman–Crippen MR) is 76.0 cm³/mol. The zero-order valence-electron chi connectivity index (χ0n) is 10.5. The second-order valence-corrected chi connectivity index (χ2v) is 5.06. The minimum atomic E-state index is -1.27. The van der Waals surface area contributed by atoms with Crippen molar-refractivity contribution in [2.24, 2.45) is 0 Å². The van der Waals surface area contributed by atoms with Crippen LogP contribution < -0.4 is 0 Å². The van der Waals surface area contributed by atoms with Crippen LogP contribution >= 0.6 is 15.9 Å². The topological polar surface area (TPSA) is 46.5 Å². The smallest absolute Gasteiger partial charge is 0.338 e. The molecule has 0 heterocycles. The van der Waals surface area contributed by atoms with E-state index in [1.807, 2.05) is 24.3 Å². The molecule has 0 spiro atoms. The normalized spacial score (nSPS) is 10.5. The van der Waals surface area contributed by atoms with Crippen molar-refractivity contribution in [1.29, 1.82) is 0 Å². The summed E-state index contributed by atoms with van der Waals surface area (Å²) in [6, 6.07) is 11.6. The lowest BCUT2D eigenvalue weighted by atomic mass is 10.1. The molecule has 0 amide bonds. The van der Waals surface area contributed by atoms with E-state index in [4.69, 9.17) is 9.84 Å². The van der Waals surface area contributed by atoms with Crippen molar-refractivity contribution in [3.63, 3.8) is 0 Å². The first-order valence-corrected chi connectivity index (χ1v) is 6.70. The number of carboxylic acid groups (broad SMARTS) is 1. The van der Waals surface area contributed by atoms with E-state index in [1.165, 1.54) is 12.1 Å². The Hall–Kier alpha value is -1.72. The van der Waals surface area contributed by atoms with Gasteiger partial charge in [0.25, 0.3) is 0 Å². The van der Waals surface area contributed by atoms with E-state index >= 15 is 0 Å². The minimum absolute atomic E-state index is 0.220. The van der Waals surface area contributed by atoms with Crippen molar-refractivity contribution >= 4 is 21.9 Å². The Bertz CT molecular complexity index is 628. The van der Waals surface area contributed by atoms with Gasteiger partial charge in [-0.05, 0) is 29.3 Å². The third-order valence-electron chi connectivity index (χ3n) is 2.75. The molecule has 0 aliphatic carbocycles. The molecular formula is C15H12BrFO3. The number of hydrogen-bond acceptors (Lipinski definition) is 2. The highest BCUT2D eigenvalue weighted by Crippen LogP contribution is 2.18. The number of halogens is 2. The van der Waals surface area contributed by atoms with Gasteiger partial charge in [-0.3, -0.25) is 0 Å². The van der Waals surface area contributed by atoms with Gasteiger partial charge in [0.1, 0.15) is 5.82 Å². The fraction of sp³-hybridized carbons (Fsp3) is 0.133. The average Bonchev–Trinajstić information content (AvgIpc) is 2.40. The number of ether oxygens (including phenoxy) is 1. The Balaban J connectivity index is 1.97. The molecule has 2 aromatic carbocycles. The highest BCUT2D eigenvalue weighted by molar-refractivity contribution is 9.10.